The minimum Gasteiger partial charge on any atom is -0.328 e. The van der Waals surface area contributed by atoms with Crippen molar-refractivity contribution in [3.8, 4) is 0 Å². The zero-order valence-electron chi connectivity index (χ0n) is 12.1. The molecule has 0 amide bonds. The maximum absolute atomic E-state index is 6.01. The van der Waals surface area contributed by atoms with Gasteiger partial charge in [-0.15, -0.1) is 0 Å². The molecule has 1 fully saturated rings. The molecule has 2 aromatic rings. The van der Waals surface area contributed by atoms with Crippen LogP contribution in [0.25, 0.3) is 10.9 Å². The van der Waals surface area contributed by atoms with Crippen molar-refractivity contribution in [3.63, 3.8) is 0 Å². The minimum atomic E-state index is 0.330. The fourth-order valence-corrected chi connectivity index (χ4v) is 3.17. The molecule has 3 nitrogen and oxygen atoms in total. The van der Waals surface area contributed by atoms with Crippen LogP contribution >= 0.6 is 0 Å². The van der Waals surface area contributed by atoms with E-state index in [0.29, 0.717) is 12.0 Å². The summed E-state index contributed by atoms with van der Waals surface area (Å²) < 4.78 is 0. The van der Waals surface area contributed by atoms with Gasteiger partial charge in [-0.3, -0.25) is 9.88 Å². The Kier molecular flexibility index (Phi) is 3.99. The molecule has 20 heavy (non-hydrogen) atoms. The maximum atomic E-state index is 6.01. The van der Waals surface area contributed by atoms with Crippen LogP contribution in [0.15, 0.2) is 36.5 Å². The lowest BCUT2D eigenvalue weighted by Crippen LogP contribution is -2.39. The van der Waals surface area contributed by atoms with Crippen molar-refractivity contribution < 1.29 is 0 Å². The molecule has 1 aromatic heterocycles. The van der Waals surface area contributed by atoms with Crippen LogP contribution in [0.4, 0.5) is 0 Å². The predicted octanol–water partition coefficient (Wildman–Crippen LogP) is 2.79. The SMILES string of the molecule is CC(N)C1CCN(Cc2cccc3cccnc23)CC1. The van der Waals surface area contributed by atoms with Gasteiger partial charge in [0.2, 0.25) is 0 Å². The smallest absolute Gasteiger partial charge is 0.0746 e. The van der Waals surface area contributed by atoms with Crippen molar-refractivity contribution in [2.45, 2.75) is 32.4 Å². The average molecular weight is 269 g/mol. The highest BCUT2D eigenvalue weighted by atomic mass is 15.1. The Balaban J connectivity index is 1.72. The van der Waals surface area contributed by atoms with E-state index < -0.39 is 0 Å². The molecule has 1 aliphatic heterocycles. The second-order valence-corrected chi connectivity index (χ2v) is 5.96. The molecule has 3 rings (SSSR count). The Hall–Kier alpha value is -1.45. The van der Waals surface area contributed by atoms with Crippen molar-refractivity contribution in [1.29, 1.82) is 0 Å². The zero-order chi connectivity index (χ0) is 13.9. The van der Waals surface area contributed by atoms with Gasteiger partial charge in [0.05, 0.1) is 5.52 Å². The van der Waals surface area contributed by atoms with Crippen LogP contribution in [0.5, 0.6) is 0 Å². The maximum Gasteiger partial charge on any atom is 0.0746 e. The molecule has 1 aliphatic rings. The van der Waals surface area contributed by atoms with Gasteiger partial charge in [0.15, 0.2) is 0 Å². The highest BCUT2D eigenvalue weighted by Gasteiger charge is 2.22. The third-order valence-electron chi connectivity index (χ3n) is 4.49. The van der Waals surface area contributed by atoms with E-state index in [9.17, 15) is 0 Å². The summed E-state index contributed by atoms with van der Waals surface area (Å²) in [5.41, 5.74) is 8.49. The van der Waals surface area contributed by atoms with Crippen molar-refractivity contribution in [2.75, 3.05) is 13.1 Å². The van der Waals surface area contributed by atoms with Crippen molar-refractivity contribution >= 4 is 10.9 Å². The second kappa shape index (κ2) is 5.90. The number of benzene rings is 1. The second-order valence-electron chi connectivity index (χ2n) is 5.96. The van der Waals surface area contributed by atoms with E-state index >= 15 is 0 Å². The lowest BCUT2D eigenvalue weighted by atomic mass is 9.91. The van der Waals surface area contributed by atoms with Crippen molar-refractivity contribution in [2.24, 2.45) is 11.7 Å². The summed E-state index contributed by atoms with van der Waals surface area (Å²) in [6.07, 6.45) is 4.32. The Bertz CT molecular complexity index is 566. The summed E-state index contributed by atoms with van der Waals surface area (Å²) in [4.78, 5) is 7.07. The van der Waals surface area contributed by atoms with Crippen LogP contribution < -0.4 is 5.73 Å². The molecule has 1 atom stereocenters. The number of nitrogens with two attached hydrogens (primary N) is 1. The van der Waals surface area contributed by atoms with Gasteiger partial charge in [0.25, 0.3) is 0 Å². The van der Waals surface area contributed by atoms with Crippen LogP contribution in [0.3, 0.4) is 0 Å². The molecule has 1 unspecified atom stereocenters. The number of hydrogen-bond acceptors (Lipinski definition) is 3. The first-order chi connectivity index (χ1) is 9.74. The van der Waals surface area contributed by atoms with Gasteiger partial charge in [-0.2, -0.15) is 0 Å². The van der Waals surface area contributed by atoms with Crippen molar-refractivity contribution in [3.05, 3.63) is 42.1 Å². The first-order valence-electron chi connectivity index (χ1n) is 7.54. The molecule has 0 saturated carbocycles. The minimum absolute atomic E-state index is 0.330. The Morgan fingerprint density at radius 3 is 2.75 bits per heavy atom. The van der Waals surface area contributed by atoms with Gasteiger partial charge in [-0.25, -0.2) is 0 Å². The van der Waals surface area contributed by atoms with E-state index in [0.717, 1.165) is 25.2 Å². The first-order valence-corrected chi connectivity index (χ1v) is 7.54. The number of pyridine rings is 1. The van der Waals surface area contributed by atoms with E-state index in [2.05, 4.69) is 41.1 Å². The fraction of sp³-hybridized carbons (Fsp3) is 0.471. The topological polar surface area (TPSA) is 42.1 Å². The third kappa shape index (κ3) is 2.84. The largest absolute Gasteiger partial charge is 0.328 e. The molecule has 1 aromatic carbocycles. The van der Waals surface area contributed by atoms with Crippen LogP contribution in [0.2, 0.25) is 0 Å². The number of fused-ring (bicyclic) bond motifs is 1. The molecule has 106 valence electrons. The van der Waals surface area contributed by atoms with Gasteiger partial charge >= 0.3 is 0 Å². The molecule has 0 aliphatic carbocycles. The number of nitrogens with zero attached hydrogens (tertiary/aromatic N) is 2. The van der Waals surface area contributed by atoms with Gasteiger partial charge in [0.1, 0.15) is 0 Å². The standard InChI is InChI=1S/C17H23N3/c1-13(18)14-7-10-20(11-8-14)12-16-5-2-4-15-6-3-9-19-17(15)16/h2-6,9,13-14H,7-8,10-12,18H2,1H3. The summed E-state index contributed by atoms with van der Waals surface area (Å²) in [5.74, 6) is 0.692. The number of likely N-dealkylation sites (tertiary alicyclic amines) is 1. The number of piperidine rings is 1. The molecule has 0 radical (unpaired) electrons. The molecule has 2 heterocycles. The van der Waals surface area contributed by atoms with E-state index in [1.54, 1.807) is 0 Å². The van der Waals surface area contributed by atoms with Gasteiger partial charge in [-0.05, 0) is 50.4 Å². The lowest BCUT2D eigenvalue weighted by Gasteiger charge is -2.33. The molecule has 2 N–H and O–H groups in total. The first kappa shape index (κ1) is 13.5. The van der Waals surface area contributed by atoms with Crippen LogP contribution in [-0.4, -0.2) is 29.0 Å². The zero-order valence-corrected chi connectivity index (χ0v) is 12.1. The highest BCUT2D eigenvalue weighted by molar-refractivity contribution is 5.81. The summed E-state index contributed by atoms with van der Waals surface area (Å²) in [6.45, 7) is 5.43. The Morgan fingerprint density at radius 2 is 2.00 bits per heavy atom. The van der Waals surface area contributed by atoms with Gasteiger partial charge in [0, 0.05) is 24.2 Å². The molecule has 1 saturated heterocycles. The van der Waals surface area contributed by atoms with E-state index in [1.807, 2.05) is 12.3 Å². The monoisotopic (exact) mass is 269 g/mol. The molecular formula is C17H23N3. The number of hydrogen-bond donors (Lipinski definition) is 1. The third-order valence-corrected chi connectivity index (χ3v) is 4.49. The van der Waals surface area contributed by atoms with Crippen LogP contribution in [0.1, 0.15) is 25.3 Å². The molecule has 0 spiro atoms. The molecule has 0 bridgehead atoms. The Labute approximate surface area is 120 Å². The fourth-order valence-electron chi connectivity index (χ4n) is 3.17. The number of para-hydroxylation sites is 1. The number of rotatable bonds is 3. The van der Waals surface area contributed by atoms with Gasteiger partial charge < -0.3 is 5.73 Å². The number of aromatic nitrogens is 1. The quantitative estimate of drug-likeness (QED) is 0.931. The van der Waals surface area contributed by atoms with E-state index in [1.165, 1.54) is 23.8 Å². The van der Waals surface area contributed by atoms with Crippen LogP contribution in [-0.2, 0) is 6.54 Å². The lowest BCUT2D eigenvalue weighted by molar-refractivity contribution is 0.166. The van der Waals surface area contributed by atoms with Crippen LogP contribution in [0, 0.1) is 5.92 Å². The van der Waals surface area contributed by atoms with E-state index in [4.69, 9.17) is 5.73 Å². The highest BCUT2D eigenvalue weighted by Crippen LogP contribution is 2.23. The van der Waals surface area contributed by atoms with Crippen molar-refractivity contribution in [1.82, 2.24) is 9.88 Å². The molecular weight excluding hydrogens is 246 g/mol. The van der Waals surface area contributed by atoms with Gasteiger partial charge in [-0.1, -0.05) is 24.3 Å². The normalized spacial score (nSPS) is 19.3. The summed E-state index contributed by atoms with van der Waals surface area (Å²) in [5, 5.41) is 1.23. The summed E-state index contributed by atoms with van der Waals surface area (Å²) in [7, 11) is 0. The average Bonchev–Trinajstić information content (AvgIpc) is 2.48. The molecule has 3 heteroatoms. The summed E-state index contributed by atoms with van der Waals surface area (Å²) >= 11 is 0. The predicted molar refractivity (Wildman–Crippen MR) is 83.4 cm³/mol. The Morgan fingerprint density at radius 1 is 1.25 bits per heavy atom. The van der Waals surface area contributed by atoms with E-state index in [-0.39, 0.29) is 0 Å². The summed E-state index contributed by atoms with van der Waals surface area (Å²) in [6, 6.07) is 10.9.